The molecule has 1 amide bonds. The highest BCUT2D eigenvalue weighted by molar-refractivity contribution is 5.97. The number of fused-ring (bicyclic) bond motifs is 1. The summed E-state index contributed by atoms with van der Waals surface area (Å²) in [5.41, 5.74) is 4.71. The Morgan fingerprint density at radius 1 is 1.14 bits per heavy atom. The number of ether oxygens (including phenoxy) is 2. The monoisotopic (exact) mass is 393 g/mol. The van der Waals surface area contributed by atoms with Crippen molar-refractivity contribution in [3.8, 4) is 11.5 Å². The standard InChI is InChI=1S/C24H27NO4/c1-15(11-24(26)25-10-9-18-7-6-8-19(12-18)27-4)20-13-21-16(2)17(3)29-23(21)14-22(20)28-5/h6-8,11-14H,9-10H2,1-5H3,(H,25,26)/b15-11+. The van der Waals surface area contributed by atoms with E-state index < -0.39 is 0 Å². The predicted molar refractivity (Wildman–Crippen MR) is 116 cm³/mol. The first-order valence-electron chi connectivity index (χ1n) is 9.60. The van der Waals surface area contributed by atoms with Gasteiger partial charge in [0.15, 0.2) is 0 Å². The zero-order chi connectivity index (χ0) is 21.0. The third-order valence-corrected chi connectivity index (χ3v) is 5.12. The van der Waals surface area contributed by atoms with E-state index >= 15 is 0 Å². The number of methoxy groups -OCH3 is 2. The minimum Gasteiger partial charge on any atom is -0.497 e. The molecule has 0 aliphatic carbocycles. The third kappa shape index (κ3) is 4.62. The molecule has 0 unspecified atom stereocenters. The van der Waals surface area contributed by atoms with Gasteiger partial charge < -0.3 is 19.2 Å². The van der Waals surface area contributed by atoms with Gasteiger partial charge in [-0.25, -0.2) is 0 Å². The van der Waals surface area contributed by atoms with Gasteiger partial charge in [-0.1, -0.05) is 12.1 Å². The molecule has 2 aromatic carbocycles. The van der Waals surface area contributed by atoms with Gasteiger partial charge in [0, 0.05) is 29.6 Å². The first-order chi connectivity index (χ1) is 13.9. The molecule has 0 aliphatic rings. The second-order valence-corrected chi connectivity index (χ2v) is 7.05. The Labute approximate surface area is 171 Å². The van der Waals surface area contributed by atoms with Crippen LogP contribution in [0.4, 0.5) is 0 Å². The van der Waals surface area contributed by atoms with Crippen LogP contribution in [0.15, 0.2) is 46.9 Å². The lowest BCUT2D eigenvalue weighted by molar-refractivity contribution is -0.116. The van der Waals surface area contributed by atoms with Gasteiger partial charge in [0.1, 0.15) is 22.8 Å². The van der Waals surface area contributed by atoms with E-state index in [0.29, 0.717) is 12.3 Å². The van der Waals surface area contributed by atoms with Crippen molar-refractivity contribution in [2.75, 3.05) is 20.8 Å². The van der Waals surface area contributed by atoms with Crippen molar-refractivity contribution >= 4 is 22.4 Å². The summed E-state index contributed by atoms with van der Waals surface area (Å²) >= 11 is 0. The van der Waals surface area contributed by atoms with Crippen LogP contribution in [0, 0.1) is 13.8 Å². The maximum Gasteiger partial charge on any atom is 0.244 e. The summed E-state index contributed by atoms with van der Waals surface area (Å²) in [5, 5.41) is 3.98. The molecular formula is C24H27NO4. The molecule has 1 aromatic heterocycles. The van der Waals surface area contributed by atoms with Crippen molar-refractivity contribution in [1.29, 1.82) is 0 Å². The molecular weight excluding hydrogens is 366 g/mol. The average Bonchev–Trinajstić information content (AvgIpc) is 3.00. The number of hydrogen-bond acceptors (Lipinski definition) is 4. The third-order valence-electron chi connectivity index (χ3n) is 5.12. The molecule has 0 spiro atoms. The summed E-state index contributed by atoms with van der Waals surface area (Å²) in [6.07, 6.45) is 2.34. The number of carbonyl (C=O) groups is 1. The van der Waals surface area contributed by atoms with Gasteiger partial charge in [-0.3, -0.25) is 4.79 Å². The lowest BCUT2D eigenvalue weighted by Gasteiger charge is -2.10. The van der Waals surface area contributed by atoms with E-state index in [0.717, 1.165) is 51.2 Å². The van der Waals surface area contributed by atoms with Crippen LogP contribution < -0.4 is 14.8 Å². The molecule has 0 aliphatic heterocycles. The fourth-order valence-corrected chi connectivity index (χ4v) is 3.33. The van der Waals surface area contributed by atoms with Crippen LogP contribution in [0.25, 0.3) is 16.5 Å². The van der Waals surface area contributed by atoms with E-state index in [4.69, 9.17) is 13.9 Å². The van der Waals surface area contributed by atoms with Gasteiger partial charge >= 0.3 is 0 Å². The SMILES string of the molecule is COc1cccc(CCNC(=O)/C=C(\C)c2cc3c(C)c(C)oc3cc2OC)c1. The van der Waals surface area contributed by atoms with Crippen LogP contribution in [0.3, 0.4) is 0 Å². The van der Waals surface area contributed by atoms with E-state index in [-0.39, 0.29) is 5.91 Å². The normalized spacial score (nSPS) is 11.6. The van der Waals surface area contributed by atoms with Gasteiger partial charge in [-0.2, -0.15) is 0 Å². The summed E-state index contributed by atoms with van der Waals surface area (Å²) in [5.74, 6) is 2.25. The predicted octanol–water partition coefficient (Wildman–Crippen LogP) is 4.83. The van der Waals surface area contributed by atoms with Crippen LogP contribution in [0.2, 0.25) is 0 Å². The fourth-order valence-electron chi connectivity index (χ4n) is 3.33. The summed E-state index contributed by atoms with van der Waals surface area (Å²) in [4.78, 5) is 12.4. The van der Waals surface area contributed by atoms with Gasteiger partial charge in [0.05, 0.1) is 14.2 Å². The van der Waals surface area contributed by atoms with Crippen LogP contribution in [0.5, 0.6) is 11.5 Å². The lowest BCUT2D eigenvalue weighted by atomic mass is 10.0. The van der Waals surface area contributed by atoms with E-state index in [1.807, 2.05) is 57.2 Å². The first kappa shape index (κ1) is 20.5. The smallest absolute Gasteiger partial charge is 0.244 e. The molecule has 1 N–H and O–H groups in total. The van der Waals surface area contributed by atoms with E-state index in [9.17, 15) is 4.79 Å². The number of hydrogen-bond donors (Lipinski definition) is 1. The number of nitrogens with one attached hydrogen (secondary N) is 1. The molecule has 0 bridgehead atoms. The van der Waals surface area contributed by atoms with Gasteiger partial charge in [0.25, 0.3) is 0 Å². The topological polar surface area (TPSA) is 60.7 Å². The van der Waals surface area contributed by atoms with E-state index in [2.05, 4.69) is 5.32 Å². The van der Waals surface area contributed by atoms with Crippen LogP contribution in [0.1, 0.15) is 29.4 Å². The largest absolute Gasteiger partial charge is 0.497 e. The Kier molecular flexibility index (Phi) is 6.27. The van der Waals surface area contributed by atoms with E-state index in [1.54, 1.807) is 20.3 Å². The number of furan rings is 1. The van der Waals surface area contributed by atoms with Crippen molar-refractivity contribution < 1.29 is 18.7 Å². The fraction of sp³-hybridized carbons (Fsp3) is 0.292. The van der Waals surface area contributed by atoms with Crippen molar-refractivity contribution in [1.82, 2.24) is 5.32 Å². The number of benzene rings is 2. The molecule has 5 nitrogen and oxygen atoms in total. The Morgan fingerprint density at radius 3 is 2.66 bits per heavy atom. The molecule has 0 fully saturated rings. The maximum atomic E-state index is 12.4. The van der Waals surface area contributed by atoms with Gasteiger partial charge in [-0.15, -0.1) is 0 Å². The number of allylic oxidation sites excluding steroid dienone is 1. The molecule has 152 valence electrons. The van der Waals surface area contributed by atoms with Crippen molar-refractivity contribution in [2.45, 2.75) is 27.2 Å². The Hall–Kier alpha value is -3.21. The minimum atomic E-state index is -0.132. The number of amides is 1. The molecule has 3 aromatic rings. The Bertz CT molecular complexity index is 1060. The molecule has 0 saturated heterocycles. The Morgan fingerprint density at radius 2 is 1.93 bits per heavy atom. The van der Waals surface area contributed by atoms with Crippen LogP contribution in [-0.4, -0.2) is 26.7 Å². The molecule has 29 heavy (non-hydrogen) atoms. The number of aryl methyl sites for hydroxylation is 2. The lowest BCUT2D eigenvalue weighted by Crippen LogP contribution is -2.23. The zero-order valence-corrected chi connectivity index (χ0v) is 17.6. The van der Waals surface area contributed by atoms with Crippen molar-refractivity contribution in [3.05, 3.63) is 64.9 Å². The van der Waals surface area contributed by atoms with Crippen LogP contribution in [-0.2, 0) is 11.2 Å². The van der Waals surface area contributed by atoms with Crippen molar-refractivity contribution in [2.24, 2.45) is 0 Å². The molecule has 3 rings (SSSR count). The average molecular weight is 393 g/mol. The molecule has 0 saturated carbocycles. The minimum absolute atomic E-state index is 0.132. The molecule has 0 atom stereocenters. The maximum absolute atomic E-state index is 12.4. The Balaban J connectivity index is 1.72. The second kappa shape index (κ2) is 8.86. The molecule has 0 radical (unpaired) electrons. The molecule has 1 heterocycles. The number of rotatable bonds is 7. The highest BCUT2D eigenvalue weighted by Gasteiger charge is 2.14. The zero-order valence-electron chi connectivity index (χ0n) is 17.6. The quantitative estimate of drug-likeness (QED) is 0.584. The second-order valence-electron chi connectivity index (χ2n) is 7.05. The molecule has 5 heteroatoms. The van der Waals surface area contributed by atoms with Gasteiger partial charge in [0.2, 0.25) is 5.91 Å². The van der Waals surface area contributed by atoms with Gasteiger partial charge in [-0.05, 0) is 62.1 Å². The first-order valence-corrected chi connectivity index (χ1v) is 9.60. The summed E-state index contributed by atoms with van der Waals surface area (Å²) < 4.78 is 16.5. The summed E-state index contributed by atoms with van der Waals surface area (Å²) in [6.45, 7) is 6.43. The number of carbonyl (C=O) groups excluding carboxylic acids is 1. The highest BCUT2D eigenvalue weighted by Crippen LogP contribution is 2.34. The van der Waals surface area contributed by atoms with Crippen molar-refractivity contribution in [3.63, 3.8) is 0 Å². The summed E-state index contributed by atoms with van der Waals surface area (Å²) in [6, 6.07) is 11.7. The van der Waals surface area contributed by atoms with Crippen LogP contribution >= 0.6 is 0 Å². The summed E-state index contributed by atoms with van der Waals surface area (Å²) in [7, 11) is 3.27. The highest BCUT2D eigenvalue weighted by atomic mass is 16.5. The van der Waals surface area contributed by atoms with E-state index in [1.165, 1.54) is 0 Å².